The Labute approximate surface area is 120 Å². The number of hydrogen-bond acceptors (Lipinski definition) is 4. The van der Waals surface area contributed by atoms with Crippen LogP contribution in [0.1, 0.15) is 18.4 Å². The van der Waals surface area contributed by atoms with Gasteiger partial charge in [0.25, 0.3) is 0 Å². The molecule has 1 amide bonds. The van der Waals surface area contributed by atoms with E-state index >= 15 is 0 Å². The lowest BCUT2D eigenvalue weighted by molar-refractivity contribution is -0.133. The fraction of sp³-hybridized carbons (Fsp3) is 0.533. The highest BCUT2D eigenvalue weighted by atomic mass is 16.5. The first-order valence-electron chi connectivity index (χ1n) is 6.90. The second kappa shape index (κ2) is 6.13. The van der Waals surface area contributed by atoms with E-state index in [0.29, 0.717) is 6.54 Å². The molecule has 0 saturated carbocycles. The number of likely N-dealkylation sites (tertiary alicyclic amines) is 1. The quantitative estimate of drug-likeness (QED) is 0.844. The van der Waals surface area contributed by atoms with E-state index in [1.54, 1.807) is 26.1 Å². The summed E-state index contributed by atoms with van der Waals surface area (Å²) in [6, 6.07) is 5.60. The molecule has 1 aliphatic rings. The van der Waals surface area contributed by atoms with Crippen molar-refractivity contribution in [2.24, 2.45) is 0 Å². The molecule has 0 radical (unpaired) electrons. The molecular weight excluding hydrogens is 254 g/mol. The van der Waals surface area contributed by atoms with Crippen LogP contribution in [-0.4, -0.2) is 49.5 Å². The Balaban J connectivity index is 2.16. The lowest BCUT2D eigenvalue weighted by Crippen LogP contribution is -2.42. The predicted octanol–water partition coefficient (Wildman–Crippen LogP) is 1.33. The van der Waals surface area contributed by atoms with Crippen molar-refractivity contribution in [1.29, 1.82) is 0 Å². The number of anilines is 1. The molecule has 1 atom stereocenters. The van der Waals surface area contributed by atoms with Gasteiger partial charge in [0.2, 0.25) is 5.91 Å². The minimum Gasteiger partial charge on any atom is -0.496 e. The summed E-state index contributed by atoms with van der Waals surface area (Å²) in [4.78, 5) is 16.1. The Kier molecular flexibility index (Phi) is 4.49. The maximum atomic E-state index is 12.2. The van der Waals surface area contributed by atoms with E-state index in [0.717, 1.165) is 36.4 Å². The topological polar surface area (TPSA) is 58.8 Å². The van der Waals surface area contributed by atoms with Crippen LogP contribution < -0.4 is 10.5 Å². The van der Waals surface area contributed by atoms with Gasteiger partial charge in [0.05, 0.1) is 13.2 Å². The number of nitrogens with zero attached hydrogens (tertiary/aromatic N) is 2. The monoisotopic (exact) mass is 277 g/mol. The summed E-state index contributed by atoms with van der Waals surface area (Å²) >= 11 is 0. The van der Waals surface area contributed by atoms with Crippen molar-refractivity contribution in [3.8, 4) is 5.75 Å². The zero-order chi connectivity index (χ0) is 14.7. The summed E-state index contributed by atoms with van der Waals surface area (Å²) in [5.74, 6) is 0.993. The molecule has 5 nitrogen and oxygen atoms in total. The molecule has 0 bridgehead atoms. The first kappa shape index (κ1) is 14.7. The highest BCUT2D eigenvalue weighted by Gasteiger charge is 2.31. The van der Waals surface area contributed by atoms with Crippen molar-refractivity contribution in [3.05, 3.63) is 23.8 Å². The Morgan fingerprint density at radius 2 is 2.25 bits per heavy atom. The zero-order valence-electron chi connectivity index (χ0n) is 12.4. The second-order valence-corrected chi connectivity index (χ2v) is 5.43. The number of carbonyl (C=O) groups excluding carboxylic acids is 1. The number of methoxy groups -OCH3 is 1. The number of carbonyl (C=O) groups is 1. The molecular formula is C15H23N3O2. The van der Waals surface area contributed by atoms with E-state index in [9.17, 15) is 4.79 Å². The van der Waals surface area contributed by atoms with E-state index in [1.807, 2.05) is 18.2 Å². The molecule has 1 heterocycles. The van der Waals surface area contributed by atoms with Gasteiger partial charge in [0, 0.05) is 31.9 Å². The highest BCUT2D eigenvalue weighted by molar-refractivity contribution is 5.81. The average molecular weight is 277 g/mol. The Bertz CT molecular complexity index is 488. The van der Waals surface area contributed by atoms with Crippen molar-refractivity contribution in [1.82, 2.24) is 9.80 Å². The fourth-order valence-corrected chi connectivity index (χ4v) is 2.73. The van der Waals surface area contributed by atoms with Gasteiger partial charge in [-0.25, -0.2) is 0 Å². The predicted molar refractivity (Wildman–Crippen MR) is 79.5 cm³/mol. The van der Waals surface area contributed by atoms with Crippen LogP contribution in [0.3, 0.4) is 0 Å². The number of benzene rings is 1. The maximum Gasteiger partial charge on any atom is 0.239 e. The van der Waals surface area contributed by atoms with Crippen LogP contribution in [0, 0.1) is 0 Å². The number of amides is 1. The summed E-state index contributed by atoms with van der Waals surface area (Å²) in [6.07, 6.45) is 1.97. The molecule has 0 aromatic heterocycles. The second-order valence-electron chi connectivity index (χ2n) is 5.43. The number of likely N-dealkylation sites (N-methyl/N-ethyl adjacent to an activating group) is 1. The summed E-state index contributed by atoms with van der Waals surface area (Å²) in [5.41, 5.74) is 7.60. The smallest absolute Gasteiger partial charge is 0.239 e. The molecule has 1 saturated heterocycles. The van der Waals surface area contributed by atoms with Crippen LogP contribution in [0.2, 0.25) is 0 Å². The molecule has 1 unspecified atom stereocenters. The Morgan fingerprint density at radius 1 is 1.50 bits per heavy atom. The van der Waals surface area contributed by atoms with Gasteiger partial charge in [-0.2, -0.15) is 0 Å². The lowest BCUT2D eigenvalue weighted by Gasteiger charge is -2.26. The van der Waals surface area contributed by atoms with Gasteiger partial charge in [-0.05, 0) is 37.6 Å². The third-order valence-electron chi connectivity index (χ3n) is 3.77. The summed E-state index contributed by atoms with van der Waals surface area (Å²) < 4.78 is 5.38. The van der Waals surface area contributed by atoms with Crippen LogP contribution in [0.15, 0.2) is 18.2 Å². The SMILES string of the molecule is COc1ccc(N)cc1CN1CCCC1C(=O)N(C)C. The molecule has 0 spiro atoms. The van der Waals surface area contributed by atoms with Gasteiger partial charge in [-0.15, -0.1) is 0 Å². The number of nitrogens with two attached hydrogens (primary N) is 1. The van der Waals surface area contributed by atoms with Gasteiger partial charge in [0.1, 0.15) is 5.75 Å². The lowest BCUT2D eigenvalue weighted by atomic mass is 10.1. The third-order valence-corrected chi connectivity index (χ3v) is 3.77. The molecule has 5 heteroatoms. The van der Waals surface area contributed by atoms with E-state index in [2.05, 4.69) is 4.90 Å². The van der Waals surface area contributed by atoms with Crippen molar-refractivity contribution < 1.29 is 9.53 Å². The number of hydrogen-bond donors (Lipinski definition) is 1. The van der Waals surface area contributed by atoms with Gasteiger partial charge < -0.3 is 15.4 Å². The standard InChI is InChI=1S/C15H23N3O2/c1-17(2)15(19)13-5-4-8-18(13)10-11-9-12(16)6-7-14(11)20-3/h6-7,9,13H,4-5,8,10,16H2,1-3H3. The average Bonchev–Trinajstić information content (AvgIpc) is 2.86. The van der Waals surface area contributed by atoms with Gasteiger partial charge >= 0.3 is 0 Å². The molecule has 1 aliphatic heterocycles. The molecule has 1 fully saturated rings. The van der Waals surface area contributed by atoms with E-state index in [4.69, 9.17) is 10.5 Å². The van der Waals surface area contributed by atoms with Crippen molar-refractivity contribution in [2.75, 3.05) is 33.5 Å². The Hall–Kier alpha value is -1.75. The summed E-state index contributed by atoms with van der Waals surface area (Å²) in [5, 5.41) is 0. The largest absolute Gasteiger partial charge is 0.496 e. The first-order valence-corrected chi connectivity index (χ1v) is 6.90. The molecule has 2 N–H and O–H groups in total. The van der Waals surface area contributed by atoms with Gasteiger partial charge in [0.15, 0.2) is 0 Å². The van der Waals surface area contributed by atoms with Crippen LogP contribution >= 0.6 is 0 Å². The van der Waals surface area contributed by atoms with E-state index in [-0.39, 0.29) is 11.9 Å². The molecule has 1 aromatic rings. The van der Waals surface area contributed by atoms with Gasteiger partial charge in [-0.1, -0.05) is 0 Å². The maximum absolute atomic E-state index is 12.2. The molecule has 110 valence electrons. The molecule has 0 aliphatic carbocycles. The van der Waals surface area contributed by atoms with Crippen LogP contribution in [0.5, 0.6) is 5.75 Å². The van der Waals surface area contributed by atoms with E-state index in [1.165, 1.54) is 0 Å². The van der Waals surface area contributed by atoms with Gasteiger partial charge in [-0.3, -0.25) is 9.69 Å². The third kappa shape index (κ3) is 3.04. The zero-order valence-corrected chi connectivity index (χ0v) is 12.4. The van der Waals surface area contributed by atoms with Crippen LogP contribution in [0.25, 0.3) is 0 Å². The summed E-state index contributed by atoms with van der Waals surface area (Å²) in [6.45, 7) is 1.63. The number of rotatable bonds is 4. The fourth-order valence-electron chi connectivity index (χ4n) is 2.73. The molecule has 1 aromatic carbocycles. The van der Waals surface area contributed by atoms with Crippen molar-refractivity contribution >= 4 is 11.6 Å². The van der Waals surface area contributed by atoms with E-state index < -0.39 is 0 Å². The minimum atomic E-state index is -0.0314. The highest BCUT2D eigenvalue weighted by Crippen LogP contribution is 2.27. The van der Waals surface area contributed by atoms with Crippen LogP contribution in [-0.2, 0) is 11.3 Å². The molecule has 2 rings (SSSR count). The van der Waals surface area contributed by atoms with Crippen LogP contribution in [0.4, 0.5) is 5.69 Å². The molecule has 20 heavy (non-hydrogen) atoms. The Morgan fingerprint density at radius 3 is 2.90 bits per heavy atom. The first-order chi connectivity index (χ1) is 9.52. The summed E-state index contributed by atoms with van der Waals surface area (Å²) in [7, 11) is 5.27. The minimum absolute atomic E-state index is 0.0314. The normalized spacial score (nSPS) is 19.1. The van der Waals surface area contributed by atoms with Crippen molar-refractivity contribution in [3.63, 3.8) is 0 Å². The van der Waals surface area contributed by atoms with Crippen molar-refractivity contribution in [2.45, 2.75) is 25.4 Å². The number of nitrogen functional groups attached to an aromatic ring is 1. The number of ether oxygens (including phenoxy) is 1.